The summed E-state index contributed by atoms with van der Waals surface area (Å²) in [4.78, 5) is 12.1. The van der Waals surface area contributed by atoms with Crippen LogP contribution in [-0.2, 0) is 6.18 Å². The molecule has 1 nitrogen and oxygen atoms in total. The van der Waals surface area contributed by atoms with E-state index in [1.165, 1.54) is 18.2 Å². The van der Waals surface area contributed by atoms with Crippen LogP contribution in [0.1, 0.15) is 21.5 Å². The molecule has 2 rings (SSSR count). The number of ketones is 1. The Morgan fingerprint density at radius 2 is 1.70 bits per heavy atom. The second kappa shape index (κ2) is 5.25. The van der Waals surface area contributed by atoms with Gasteiger partial charge in [0.2, 0.25) is 0 Å². The molecule has 6 heteroatoms. The molecule has 0 aromatic heterocycles. The van der Waals surface area contributed by atoms with E-state index in [-0.39, 0.29) is 16.1 Å². The van der Waals surface area contributed by atoms with Crippen LogP contribution in [0.2, 0.25) is 5.02 Å². The van der Waals surface area contributed by atoms with Crippen LogP contribution in [0.3, 0.4) is 0 Å². The van der Waals surface area contributed by atoms with Gasteiger partial charge in [0.1, 0.15) is 5.82 Å². The molecule has 0 atom stereocenters. The van der Waals surface area contributed by atoms with Gasteiger partial charge in [-0.15, -0.1) is 0 Å². The highest BCUT2D eigenvalue weighted by Crippen LogP contribution is 2.32. The summed E-state index contributed by atoms with van der Waals surface area (Å²) in [5.41, 5.74) is -1.68. The van der Waals surface area contributed by atoms with Gasteiger partial charge in [-0.05, 0) is 30.3 Å². The Hall–Kier alpha value is -1.88. The van der Waals surface area contributed by atoms with Crippen molar-refractivity contribution in [1.29, 1.82) is 0 Å². The van der Waals surface area contributed by atoms with Crippen molar-refractivity contribution in [1.82, 2.24) is 0 Å². The van der Waals surface area contributed by atoms with Gasteiger partial charge in [-0.2, -0.15) is 13.2 Å². The van der Waals surface area contributed by atoms with Crippen molar-refractivity contribution < 1.29 is 22.4 Å². The number of hydrogen-bond donors (Lipinski definition) is 0. The lowest BCUT2D eigenvalue weighted by molar-refractivity contribution is -0.140. The molecule has 0 heterocycles. The Balaban J connectivity index is 2.50. The maximum absolute atomic E-state index is 13.2. The van der Waals surface area contributed by atoms with Gasteiger partial charge >= 0.3 is 6.18 Å². The third kappa shape index (κ3) is 2.82. The van der Waals surface area contributed by atoms with E-state index < -0.39 is 23.3 Å². The summed E-state index contributed by atoms with van der Waals surface area (Å²) in [6.45, 7) is 0. The molecular weight excluding hydrogens is 296 g/mol. The fourth-order valence-electron chi connectivity index (χ4n) is 1.68. The quantitative estimate of drug-likeness (QED) is 0.579. The van der Waals surface area contributed by atoms with E-state index in [4.69, 9.17) is 11.6 Å². The average molecular weight is 303 g/mol. The summed E-state index contributed by atoms with van der Waals surface area (Å²) in [7, 11) is 0. The Morgan fingerprint density at radius 1 is 1.05 bits per heavy atom. The number of hydrogen-bond acceptors (Lipinski definition) is 1. The highest BCUT2D eigenvalue weighted by molar-refractivity contribution is 6.34. The molecule has 0 saturated carbocycles. The van der Waals surface area contributed by atoms with E-state index in [0.717, 1.165) is 6.07 Å². The molecule has 0 saturated heterocycles. The lowest BCUT2D eigenvalue weighted by Gasteiger charge is -2.10. The zero-order valence-corrected chi connectivity index (χ0v) is 10.6. The Labute approximate surface area is 116 Å². The predicted molar refractivity (Wildman–Crippen MR) is 66.3 cm³/mol. The van der Waals surface area contributed by atoms with Crippen LogP contribution < -0.4 is 0 Å². The van der Waals surface area contributed by atoms with Gasteiger partial charge in [0, 0.05) is 11.1 Å². The Kier molecular flexibility index (Phi) is 3.81. The van der Waals surface area contributed by atoms with Gasteiger partial charge in [-0.1, -0.05) is 23.7 Å². The number of rotatable bonds is 2. The molecule has 2 aromatic carbocycles. The van der Waals surface area contributed by atoms with Gasteiger partial charge in [-0.3, -0.25) is 4.79 Å². The van der Waals surface area contributed by atoms with Gasteiger partial charge in [0.15, 0.2) is 5.78 Å². The summed E-state index contributed by atoms with van der Waals surface area (Å²) in [6.07, 6.45) is -4.86. The minimum atomic E-state index is -4.86. The molecule has 0 radical (unpaired) electrons. The molecule has 0 N–H and O–H groups in total. The lowest BCUT2D eigenvalue weighted by atomic mass is 10.0. The van der Waals surface area contributed by atoms with Crippen LogP contribution in [-0.4, -0.2) is 5.78 Å². The van der Waals surface area contributed by atoms with Crippen LogP contribution in [0.15, 0.2) is 42.5 Å². The maximum atomic E-state index is 13.2. The summed E-state index contributed by atoms with van der Waals surface area (Å²) in [5, 5.41) is 0.121. The summed E-state index contributed by atoms with van der Waals surface area (Å²) in [5.74, 6) is -2.12. The van der Waals surface area contributed by atoms with E-state index in [1.54, 1.807) is 6.07 Å². The highest BCUT2D eigenvalue weighted by atomic mass is 35.5. The van der Waals surface area contributed by atoms with Crippen LogP contribution in [0, 0.1) is 5.82 Å². The topological polar surface area (TPSA) is 17.1 Å². The molecule has 0 fully saturated rings. The average Bonchev–Trinajstić information content (AvgIpc) is 2.37. The summed E-state index contributed by atoms with van der Waals surface area (Å²) < 4.78 is 50.9. The van der Waals surface area contributed by atoms with Crippen molar-refractivity contribution in [3.63, 3.8) is 0 Å². The normalized spacial score (nSPS) is 11.4. The van der Waals surface area contributed by atoms with Gasteiger partial charge < -0.3 is 0 Å². The SMILES string of the molecule is O=C(c1ccc(F)c(C(F)(F)F)c1)c1ccccc1Cl. The first-order valence-electron chi connectivity index (χ1n) is 5.46. The Bertz CT molecular complexity index is 664. The fraction of sp³-hybridized carbons (Fsp3) is 0.0714. The first-order valence-corrected chi connectivity index (χ1v) is 5.84. The van der Waals surface area contributed by atoms with Gasteiger partial charge in [-0.25, -0.2) is 4.39 Å². The largest absolute Gasteiger partial charge is 0.419 e. The molecular formula is C14H7ClF4O. The van der Waals surface area contributed by atoms with Gasteiger partial charge in [0.05, 0.1) is 10.6 Å². The van der Waals surface area contributed by atoms with E-state index in [9.17, 15) is 22.4 Å². The molecule has 0 amide bonds. The summed E-state index contributed by atoms with van der Waals surface area (Å²) >= 11 is 5.81. The monoisotopic (exact) mass is 302 g/mol. The van der Waals surface area contributed by atoms with Crippen molar-refractivity contribution in [2.24, 2.45) is 0 Å². The van der Waals surface area contributed by atoms with E-state index >= 15 is 0 Å². The number of alkyl halides is 3. The molecule has 0 aliphatic carbocycles. The zero-order chi connectivity index (χ0) is 14.9. The summed E-state index contributed by atoms with van der Waals surface area (Å²) in [6, 6.07) is 8.06. The molecule has 20 heavy (non-hydrogen) atoms. The van der Waals surface area contributed by atoms with E-state index in [1.807, 2.05) is 0 Å². The molecule has 2 aromatic rings. The van der Waals surface area contributed by atoms with Gasteiger partial charge in [0.25, 0.3) is 0 Å². The zero-order valence-electron chi connectivity index (χ0n) is 9.84. The molecule has 104 valence electrons. The van der Waals surface area contributed by atoms with Crippen LogP contribution in [0.5, 0.6) is 0 Å². The van der Waals surface area contributed by atoms with Crippen molar-refractivity contribution in [3.8, 4) is 0 Å². The van der Waals surface area contributed by atoms with Crippen molar-refractivity contribution >= 4 is 17.4 Å². The molecule has 0 unspecified atom stereocenters. The molecule has 0 bridgehead atoms. The van der Waals surface area contributed by atoms with Crippen LogP contribution in [0.4, 0.5) is 17.6 Å². The van der Waals surface area contributed by atoms with E-state index in [0.29, 0.717) is 12.1 Å². The smallest absolute Gasteiger partial charge is 0.289 e. The second-order valence-corrected chi connectivity index (χ2v) is 4.41. The van der Waals surface area contributed by atoms with Crippen molar-refractivity contribution in [2.45, 2.75) is 6.18 Å². The highest BCUT2D eigenvalue weighted by Gasteiger charge is 2.34. The molecule has 0 aliphatic heterocycles. The Morgan fingerprint density at radius 3 is 2.30 bits per heavy atom. The number of benzene rings is 2. The third-order valence-electron chi connectivity index (χ3n) is 2.65. The number of carbonyl (C=O) groups is 1. The minimum Gasteiger partial charge on any atom is -0.289 e. The van der Waals surface area contributed by atoms with Crippen molar-refractivity contribution in [3.05, 3.63) is 70.0 Å². The standard InChI is InChI=1S/C14H7ClF4O/c15-11-4-2-1-3-9(11)13(20)8-5-6-12(16)10(7-8)14(17,18)19/h1-7H. The third-order valence-corrected chi connectivity index (χ3v) is 2.98. The molecule has 0 spiro atoms. The van der Waals surface area contributed by atoms with E-state index in [2.05, 4.69) is 0 Å². The van der Waals surface area contributed by atoms with Crippen LogP contribution >= 0.6 is 11.6 Å². The van der Waals surface area contributed by atoms with Crippen LogP contribution in [0.25, 0.3) is 0 Å². The minimum absolute atomic E-state index is 0.0638. The maximum Gasteiger partial charge on any atom is 0.419 e. The van der Waals surface area contributed by atoms with Crippen molar-refractivity contribution in [2.75, 3.05) is 0 Å². The first kappa shape index (κ1) is 14.5. The molecule has 0 aliphatic rings. The second-order valence-electron chi connectivity index (χ2n) is 4.00. The predicted octanol–water partition coefficient (Wildman–Crippen LogP) is 4.73. The first-order chi connectivity index (χ1) is 9.30. The fourth-order valence-corrected chi connectivity index (χ4v) is 1.91. The number of carbonyl (C=O) groups excluding carboxylic acids is 1. The number of halogens is 5. The lowest BCUT2D eigenvalue weighted by Crippen LogP contribution is -2.11.